The van der Waals surface area contributed by atoms with Gasteiger partial charge in [-0.15, -0.1) is 0 Å². The highest BCUT2D eigenvalue weighted by Crippen LogP contribution is 2.33. The van der Waals surface area contributed by atoms with Gasteiger partial charge in [-0.3, -0.25) is 4.90 Å². The molecular formula is C21H27N3. The topological polar surface area (TPSA) is 20.2 Å². The summed E-state index contributed by atoms with van der Waals surface area (Å²) in [4.78, 5) is 2.64. The molecule has 1 fully saturated rings. The molecule has 4 rings (SSSR count). The third kappa shape index (κ3) is 2.52. The molecule has 3 heteroatoms. The molecule has 24 heavy (non-hydrogen) atoms. The van der Waals surface area contributed by atoms with Crippen molar-refractivity contribution in [3.8, 4) is 0 Å². The molecule has 1 saturated heterocycles. The van der Waals surface area contributed by atoms with E-state index in [1.807, 2.05) is 0 Å². The Balaban J connectivity index is 1.83. The minimum Gasteiger partial charge on any atom is -0.341 e. The molecule has 3 aromatic rings. The van der Waals surface area contributed by atoms with Crippen LogP contribution >= 0.6 is 0 Å². The standard InChI is InChI=1S/C21H27N3/c1-3-19(23-13-11-22-12-14-23)16-9-10-21-18(15-16)17-7-5-6-8-20(17)24(21)4-2/h5-10,15,19,22H,3-4,11-14H2,1-2H3/t19-/m1/s1. The predicted molar refractivity (Wildman–Crippen MR) is 103 cm³/mol. The molecular weight excluding hydrogens is 294 g/mol. The lowest BCUT2D eigenvalue weighted by Gasteiger charge is -2.34. The van der Waals surface area contributed by atoms with Crippen molar-refractivity contribution >= 4 is 21.8 Å². The second-order valence-corrected chi connectivity index (χ2v) is 6.75. The number of para-hydroxylation sites is 1. The molecule has 1 atom stereocenters. The van der Waals surface area contributed by atoms with Gasteiger partial charge in [0.25, 0.3) is 0 Å². The van der Waals surface area contributed by atoms with Gasteiger partial charge in [-0.25, -0.2) is 0 Å². The van der Waals surface area contributed by atoms with E-state index < -0.39 is 0 Å². The number of fused-ring (bicyclic) bond motifs is 3. The van der Waals surface area contributed by atoms with E-state index in [4.69, 9.17) is 0 Å². The van der Waals surface area contributed by atoms with E-state index in [1.165, 1.54) is 27.4 Å². The maximum Gasteiger partial charge on any atom is 0.0491 e. The zero-order valence-electron chi connectivity index (χ0n) is 14.8. The highest BCUT2D eigenvalue weighted by molar-refractivity contribution is 6.08. The third-order valence-corrected chi connectivity index (χ3v) is 5.48. The molecule has 1 aliphatic rings. The summed E-state index contributed by atoms with van der Waals surface area (Å²) in [6.07, 6.45) is 1.16. The first-order valence-corrected chi connectivity index (χ1v) is 9.29. The molecule has 126 valence electrons. The summed E-state index contributed by atoms with van der Waals surface area (Å²) < 4.78 is 2.43. The van der Waals surface area contributed by atoms with Crippen molar-refractivity contribution in [2.24, 2.45) is 0 Å². The summed E-state index contributed by atoms with van der Waals surface area (Å²) in [7, 11) is 0. The second-order valence-electron chi connectivity index (χ2n) is 6.75. The largest absolute Gasteiger partial charge is 0.341 e. The zero-order valence-corrected chi connectivity index (χ0v) is 14.8. The first kappa shape index (κ1) is 15.7. The number of aryl methyl sites for hydroxylation is 1. The normalized spacial score (nSPS) is 17.6. The molecule has 0 unspecified atom stereocenters. The molecule has 1 aromatic heterocycles. The van der Waals surface area contributed by atoms with Gasteiger partial charge in [-0.1, -0.05) is 31.2 Å². The van der Waals surface area contributed by atoms with Crippen molar-refractivity contribution in [3.05, 3.63) is 48.0 Å². The Bertz CT molecular complexity index is 843. The van der Waals surface area contributed by atoms with Gasteiger partial charge in [0.2, 0.25) is 0 Å². The Labute approximate surface area is 144 Å². The first-order chi connectivity index (χ1) is 11.8. The van der Waals surface area contributed by atoms with E-state index in [1.54, 1.807) is 0 Å². The van der Waals surface area contributed by atoms with Crippen LogP contribution in [0, 0.1) is 0 Å². The van der Waals surface area contributed by atoms with Crippen LogP contribution in [0.2, 0.25) is 0 Å². The molecule has 2 heterocycles. The predicted octanol–water partition coefficient (Wildman–Crippen LogP) is 4.17. The lowest BCUT2D eigenvalue weighted by molar-refractivity contribution is 0.169. The Morgan fingerprint density at radius 1 is 0.958 bits per heavy atom. The van der Waals surface area contributed by atoms with Gasteiger partial charge < -0.3 is 9.88 Å². The third-order valence-electron chi connectivity index (χ3n) is 5.48. The minimum atomic E-state index is 0.528. The molecule has 0 radical (unpaired) electrons. The molecule has 2 aromatic carbocycles. The molecule has 0 amide bonds. The number of benzene rings is 2. The fourth-order valence-corrected chi connectivity index (χ4v) is 4.32. The molecule has 1 N–H and O–H groups in total. The summed E-state index contributed by atoms with van der Waals surface area (Å²) in [5.74, 6) is 0. The molecule has 0 bridgehead atoms. The van der Waals surface area contributed by atoms with E-state index in [0.717, 1.165) is 39.1 Å². The monoisotopic (exact) mass is 321 g/mol. The fourth-order valence-electron chi connectivity index (χ4n) is 4.32. The Kier molecular flexibility index (Phi) is 4.30. The lowest BCUT2D eigenvalue weighted by Crippen LogP contribution is -2.45. The van der Waals surface area contributed by atoms with Crippen molar-refractivity contribution in [3.63, 3.8) is 0 Å². The van der Waals surface area contributed by atoms with Crippen molar-refractivity contribution in [1.82, 2.24) is 14.8 Å². The van der Waals surface area contributed by atoms with E-state index in [9.17, 15) is 0 Å². The van der Waals surface area contributed by atoms with Crippen LogP contribution in [-0.4, -0.2) is 35.6 Å². The van der Waals surface area contributed by atoms with Crippen LogP contribution in [0.15, 0.2) is 42.5 Å². The van der Waals surface area contributed by atoms with Crippen LogP contribution in [0.25, 0.3) is 21.8 Å². The van der Waals surface area contributed by atoms with Crippen LogP contribution in [0.1, 0.15) is 31.9 Å². The minimum absolute atomic E-state index is 0.528. The smallest absolute Gasteiger partial charge is 0.0491 e. The highest BCUT2D eigenvalue weighted by atomic mass is 15.2. The van der Waals surface area contributed by atoms with Gasteiger partial charge in [0.1, 0.15) is 0 Å². The number of aromatic nitrogens is 1. The van der Waals surface area contributed by atoms with Crippen LogP contribution < -0.4 is 5.32 Å². The maximum absolute atomic E-state index is 3.46. The van der Waals surface area contributed by atoms with Gasteiger partial charge in [0, 0.05) is 60.6 Å². The quantitative estimate of drug-likeness (QED) is 0.778. The average molecular weight is 321 g/mol. The van der Waals surface area contributed by atoms with Crippen molar-refractivity contribution in [1.29, 1.82) is 0 Å². The van der Waals surface area contributed by atoms with Crippen LogP contribution in [-0.2, 0) is 6.54 Å². The lowest BCUT2D eigenvalue weighted by atomic mass is 9.99. The maximum atomic E-state index is 3.46. The molecule has 0 aliphatic carbocycles. The van der Waals surface area contributed by atoms with Crippen molar-refractivity contribution < 1.29 is 0 Å². The van der Waals surface area contributed by atoms with Crippen molar-refractivity contribution in [2.75, 3.05) is 26.2 Å². The molecule has 3 nitrogen and oxygen atoms in total. The average Bonchev–Trinajstić information content (AvgIpc) is 2.96. The van der Waals surface area contributed by atoms with Gasteiger partial charge in [0.15, 0.2) is 0 Å². The van der Waals surface area contributed by atoms with Crippen molar-refractivity contribution in [2.45, 2.75) is 32.9 Å². The Morgan fingerprint density at radius 3 is 2.46 bits per heavy atom. The Hall–Kier alpha value is -1.84. The molecule has 0 saturated carbocycles. The van der Waals surface area contributed by atoms with Gasteiger partial charge in [-0.05, 0) is 37.1 Å². The van der Waals surface area contributed by atoms with E-state index >= 15 is 0 Å². The zero-order chi connectivity index (χ0) is 16.5. The van der Waals surface area contributed by atoms with Crippen LogP contribution in [0.4, 0.5) is 0 Å². The van der Waals surface area contributed by atoms with E-state index in [-0.39, 0.29) is 0 Å². The van der Waals surface area contributed by atoms with Gasteiger partial charge >= 0.3 is 0 Å². The van der Waals surface area contributed by atoms with Gasteiger partial charge in [0.05, 0.1) is 0 Å². The Morgan fingerprint density at radius 2 is 1.71 bits per heavy atom. The van der Waals surface area contributed by atoms with E-state index in [0.29, 0.717) is 6.04 Å². The first-order valence-electron chi connectivity index (χ1n) is 9.29. The summed E-state index contributed by atoms with van der Waals surface area (Å²) in [6.45, 7) is 10.1. The number of nitrogens with zero attached hydrogens (tertiary/aromatic N) is 2. The summed E-state index contributed by atoms with van der Waals surface area (Å²) in [5.41, 5.74) is 4.17. The number of hydrogen-bond donors (Lipinski definition) is 1. The summed E-state index contributed by atoms with van der Waals surface area (Å²) >= 11 is 0. The summed E-state index contributed by atoms with van der Waals surface area (Å²) in [5, 5.41) is 6.25. The highest BCUT2D eigenvalue weighted by Gasteiger charge is 2.21. The fraction of sp³-hybridized carbons (Fsp3) is 0.429. The number of piperazine rings is 1. The van der Waals surface area contributed by atoms with E-state index in [2.05, 4.69) is 71.1 Å². The molecule has 0 spiro atoms. The van der Waals surface area contributed by atoms with Crippen LogP contribution in [0.5, 0.6) is 0 Å². The van der Waals surface area contributed by atoms with Gasteiger partial charge in [-0.2, -0.15) is 0 Å². The SMILES string of the molecule is CC[C@H](c1ccc2c(c1)c1ccccc1n2CC)N1CCNCC1. The number of hydrogen-bond acceptors (Lipinski definition) is 2. The molecule has 1 aliphatic heterocycles. The second kappa shape index (κ2) is 6.58. The summed E-state index contributed by atoms with van der Waals surface area (Å²) in [6, 6.07) is 16.5. The number of nitrogens with one attached hydrogen (secondary N) is 1. The number of rotatable bonds is 4. The van der Waals surface area contributed by atoms with Crippen LogP contribution in [0.3, 0.4) is 0 Å².